The maximum Gasteiger partial charge on any atom is 0.225 e. The molecule has 2 amide bonds. The standard InChI is InChI=1S/C20H25N5O2/c1-25(12-9-17-6-2-3-10-21-17)19-15(5-4-11-22-19)13-24-20(27)16-7-8-18(26)23-14-16/h2-6,10-11,16H,7-9,12-14H2,1H3,(H,23,26)(H,24,27)/t16-/m1/s1. The molecule has 1 atom stereocenters. The molecular formula is C20H25N5O2. The molecule has 2 N–H and O–H groups in total. The van der Waals surface area contributed by atoms with Gasteiger partial charge in [0, 0.05) is 63.2 Å². The van der Waals surface area contributed by atoms with Gasteiger partial charge in [0.15, 0.2) is 0 Å². The van der Waals surface area contributed by atoms with Crippen LogP contribution in [0, 0.1) is 5.92 Å². The van der Waals surface area contributed by atoms with Gasteiger partial charge in [-0.2, -0.15) is 0 Å². The summed E-state index contributed by atoms with van der Waals surface area (Å²) in [6.07, 6.45) is 5.38. The van der Waals surface area contributed by atoms with Crippen molar-refractivity contribution in [1.29, 1.82) is 0 Å². The van der Waals surface area contributed by atoms with E-state index in [9.17, 15) is 9.59 Å². The van der Waals surface area contributed by atoms with E-state index < -0.39 is 0 Å². The molecule has 7 heteroatoms. The van der Waals surface area contributed by atoms with E-state index in [4.69, 9.17) is 0 Å². The van der Waals surface area contributed by atoms with Gasteiger partial charge in [-0.1, -0.05) is 12.1 Å². The first kappa shape index (κ1) is 18.8. The second kappa shape index (κ2) is 9.12. The van der Waals surface area contributed by atoms with Crippen LogP contribution in [0.25, 0.3) is 0 Å². The monoisotopic (exact) mass is 367 g/mol. The van der Waals surface area contributed by atoms with E-state index in [0.717, 1.165) is 30.0 Å². The zero-order valence-corrected chi connectivity index (χ0v) is 15.5. The number of nitrogens with one attached hydrogen (secondary N) is 2. The van der Waals surface area contributed by atoms with Gasteiger partial charge in [0.25, 0.3) is 0 Å². The number of nitrogens with zero attached hydrogens (tertiary/aromatic N) is 3. The number of hydrogen-bond donors (Lipinski definition) is 2. The van der Waals surface area contributed by atoms with Crippen LogP contribution in [-0.2, 0) is 22.6 Å². The van der Waals surface area contributed by atoms with Crippen LogP contribution in [0.2, 0.25) is 0 Å². The Kier molecular flexibility index (Phi) is 6.35. The highest BCUT2D eigenvalue weighted by atomic mass is 16.2. The van der Waals surface area contributed by atoms with E-state index in [2.05, 4.69) is 25.5 Å². The Balaban J connectivity index is 1.56. The summed E-state index contributed by atoms with van der Waals surface area (Å²) in [6, 6.07) is 9.75. The number of aromatic nitrogens is 2. The van der Waals surface area contributed by atoms with Crippen molar-refractivity contribution in [3.05, 3.63) is 54.0 Å². The summed E-state index contributed by atoms with van der Waals surface area (Å²) in [5.74, 6) is 0.680. The lowest BCUT2D eigenvalue weighted by molar-refractivity contribution is -0.129. The first-order chi connectivity index (χ1) is 13.1. The van der Waals surface area contributed by atoms with Gasteiger partial charge >= 0.3 is 0 Å². The van der Waals surface area contributed by atoms with E-state index in [1.807, 2.05) is 37.4 Å². The van der Waals surface area contributed by atoms with Gasteiger partial charge in [-0.3, -0.25) is 14.6 Å². The third-order valence-corrected chi connectivity index (χ3v) is 4.75. The minimum atomic E-state index is -0.162. The third kappa shape index (κ3) is 5.26. The molecule has 142 valence electrons. The molecule has 1 saturated heterocycles. The number of piperidine rings is 1. The maximum atomic E-state index is 12.4. The number of carbonyl (C=O) groups is 2. The van der Waals surface area contributed by atoms with Crippen molar-refractivity contribution in [1.82, 2.24) is 20.6 Å². The second-order valence-corrected chi connectivity index (χ2v) is 6.74. The molecular weight excluding hydrogens is 342 g/mol. The van der Waals surface area contributed by atoms with E-state index in [0.29, 0.717) is 25.9 Å². The fourth-order valence-electron chi connectivity index (χ4n) is 3.13. The normalized spacial score (nSPS) is 16.5. The molecule has 0 bridgehead atoms. The highest BCUT2D eigenvalue weighted by Gasteiger charge is 2.24. The number of anilines is 1. The average Bonchev–Trinajstić information content (AvgIpc) is 2.71. The van der Waals surface area contributed by atoms with Crippen LogP contribution in [0.4, 0.5) is 5.82 Å². The van der Waals surface area contributed by atoms with Gasteiger partial charge < -0.3 is 15.5 Å². The Bertz CT molecular complexity index is 771. The topological polar surface area (TPSA) is 87.2 Å². The summed E-state index contributed by atoms with van der Waals surface area (Å²) < 4.78 is 0. The molecule has 2 aromatic rings. The lowest BCUT2D eigenvalue weighted by atomic mass is 9.98. The first-order valence-electron chi connectivity index (χ1n) is 9.23. The van der Waals surface area contributed by atoms with Gasteiger partial charge in [-0.25, -0.2) is 4.98 Å². The van der Waals surface area contributed by atoms with Gasteiger partial charge in [-0.05, 0) is 24.6 Å². The fourth-order valence-corrected chi connectivity index (χ4v) is 3.13. The Labute approximate surface area is 159 Å². The molecule has 3 rings (SSSR count). The van der Waals surface area contributed by atoms with Crippen LogP contribution in [0.5, 0.6) is 0 Å². The van der Waals surface area contributed by atoms with Crippen molar-refractivity contribution in [2.75, 3.05) is 25.0 Å². The van der Waals surface area contributed by atoms with E-state index in [1.54, 1.807) is 12.4 Å². The number of hydrogen-bond acceptors (Lipinski definition) is 5. The summed E-state index contributed by atoms with van der Waals surface area (Å²) in [4.78, 5) is 34.5. The molecule has 0 spiro atoms. The number of likely N-dealkylation sites (N-methyl/N-ethyl adjacent to an activating group) is 1. The highest BCUT2D eigenvalue weighted by Crippen LogP contribution is 2.17. The van der Waals surface area contributed by atoms with Gasteiger partial charge in [0.05, 0.1) is 5.92 Å². The lowest BCUT2D eigenvalue weighted by Crippen LogP contribution is -2.42. The summed E-state index contributed by atoms with van der Waals surface area (Å²) in [6.45, 7) is 1.61. The predicted octanol–water partition coefficient (Wildman–Crippen LogP) is 1.30. The molecule has 27 heavy (non-hydrogen) atoms. The van der Waals surface area contributed by atoms with Crippen molar-refractivity contribution in [2.45, 2.75) is 25.8 Å². The van der Waals surface area contributed by atoms with Crippen LogP contribution in [-0.4, -0.2) is 41.9 Å². The summed E-state index contributed by atoms with van der Waals surface area (Å²) >= 11 is 0. The molecule has 0 saturated carbocycles. The molecule has 1 aliphatic rings. The minimum Gasteiger partial charge on any atom is -0.359 e. The Morgan fingerprint density at radius 3 is 2.85 bits per heavy atom. The molecule has 0 radical (unpaired) electrons. The van der Waals surface area contributed by atoms with Crippen LogP contribution in [0.1, 0.15) is 24.1 Å². The number of amides is 2. The van der Waals surface area contributed by atoms with Gasteiger partial charge in [-0.15, -0.1) is 0 Å². The Morgan fingerprint density at radius 1 is 1.26 bits per heavy atom. The maximum absolute atomic E-state index is 12.4. The molecule has 2 aromatic heterocycles. The smallest absolute Gasteiger partial charge is 0.225 e. The fraction of sp³-hybridized carbons (Fsp3) is 0.400. The van der Waals surface area contributed by atoms with E-state index in [1.165, 1.54) is 0 Å². The Morgan fingerprint density at radius 2 is 2.11 bits per heavy atom. The molecule has 7 nitrogen and oxygen atoms in total. The molecule has 1 aliphatic heterocycles. The van der Waals surface area contributed by atoms with Gasteiger partial charge in [0.2, 0.25) is 11.8 Å². The van der Waals surface area contributed by atoms with Crippen LogP contribution < -0.4 is 15.5 Å². The summed E-state index contributed by atoms with van der Waals surface area (Å²) in [7, 11) is 1.99. The molecule has 0 aromatic carbocycles. The number of pyridine rings is 2. The molecule has 0 aliphatic carbocycles. The zero-order valence-electron chi connectivity index (χ0n) is 15.5. The van der Waals surface area contributed by atoms with Gasteiger partial charge in [0.1, 0.15) is 5.82 Å². The molecule has 3 heterocycles. The summed E-state index contributed by atoms with van der Waals surface area (Å²) in [5.41, 5.74) is 2.00. The predicted molar refractivity (Wildman–Crippen MR) is 103 cm³/mol. The Hall–Kier alpha value is -2.96. The highest BCUT2D eigenvalue weighted by molar-refractivity contribution is 5.83. The van der Waals surface area contributed by atoms with Crippen molar-refractivity contribution in [3.8, 4) is 0 Å². The van der Waals surface area contributed by atoms with Crippen molar-refractivity contribution >= 4 is 17.6 Å². The third-order valence-electron chi connectivity index (χ3n) is 4.75. The van der Waals surface area contributed by atoms with Crippen LogP contribution in [0.3, 0.4) is 0 Å². The van der Waals surface area contributed by atoms with Crippen LogP contribution in [0.15, 0.2) is 42.7 Å². The number of rotatable bonds is 7. The minimum absolute atomic E-state index is 0.0168. The summed E-state index contributed by atoms with van der Waals surface area (Å²) in [5, 5.41) is 5.73. The van der Waals surface area contributed by atoms with E-state index >= 15 is 0 Å². The first-order valence-corrected chi connectivity index (χ1v) is 9.23. The quantitative estimate of drug-likeness (QED) is 0.770. The molecule has 1 fully saturated rings. The second-order valence-electron chi connectivity index (χ2n) is 6.74. The van der Waals surface area contributed by atoms with Crippen molar-refractivity contribution in [3.63, 3.8) is 0 Å². The number of carbonyl (C=O) groups excluding carboxylic acids is 2. The van der Waals surface area contributed by atoms with Crippen molar-refractivity contribution in [2.24, 2.45) is 5.92 Å². The largest absolute Gasteiger partial charge is 0.359 e. The molecule has 0 unspecified atom stereocenters. The SMILES string of the molecule is CN(CCc1ccccn1)c1ncccc1CNC(=O)[C@@H]1CCC(=O)NC1. The average molecular weight is 367 g/mol. The lowest BCUT2D eigenvalue weighted by Gasteiger charge is -2.23. The zero-order chi connectivity index (χ0) is 19.1. The van der Waals surface area contributed by atoms with Crippen LogP contribution >= 0.6 is 0 Å². The van der Waals surface area contributed by atoms with Crippen molar-refractivity contribution < 1.29 is 9.59 Å². The van der Waals surface area contributed by atoms with E-state index in [-0.39, 0.29) is 17.7 Å².